The van der Waals surface area contributed by atoms with Gasteiger partial charge in [-0.05, 0) is 37.4 Å². The van der Waals surface area contributed by atoms with Crippen LogP contribution in [0.3, 0.4) is 0 Å². The molecule has 0 saturated heterocycles. The van der Waals surface area contributed by atoms with Gasteiger partial charge < -0.3 is 5.73 Å². The molecule has 0 aliphatic heterocycles. The molecule has 3 nitrogen and oxygen atoms in total. The van der Waals surface area contributed by atoms with Crippen LogP contribution in [0.15, 0.2) is 30.5 Å². The van der Waals surface area contributed by atoms with Crippen molar-refractivity contribution >= 4 is 0 Å². The smallest absolute Gasteiger partial charge is 0.0713 e. The standard InChI is InChI=1S/C14H19N3/c1-11-6-3-4-8-13(11)14-12(7-5-9-15)10-16-17(14)2/h3-4,6,8,10H,5,7,9,15H2,1-2H3. The number of benzene rings is 1. The van der Waals surface area contributed by atoms with Crippen LogP contribution < -0.4 is 5.73 Å². The van der Waals surface area contributed by atoms with Crippen LogP contribution in [-0.2, 0) is 13.5 Å². The fourth-order valence-electron chi connectivity index (χ4n) is 2.14. The van der Waals surface area contributed by atoms with Crippen molar-refractivity contribution in [2.75, 3.05) is 6.54 Å². The number of rotatable bonds is 4. The maximum atomic E-state index is 5.57. The minimum atomic E-state index is 0.724. The summed E-state index contributed by atoms with van der Waals surface area (Å²) in [5, 5.41) is 4.36. The van der Waals surface area contributed by atoms with E-state index in [0.717, 1.165) is 19.4 Å². The predicted octanol–water partition coefficient (Wildman–Crippen LogP) is 2.29. The van der Waals surface area contributed by atoms with Gasteiger partial charge in [0, 0.05) is 12.6 Å². The van der Waals surface area contributed by atoms with Crippen molar-refractivity contribution < 1.29 is 0 Å². The van der Waals surface area contributed by atoms with Gasteiger partial charge >= 0.3 is 0 Å². The third kappa shape index (κ3) is 2.39. The molecule has 0 aliphatic rings. The third-order valence-electron chi connectivity index (χ3n) is 3.06. The molecule has 1 heterocycles. The molecule has 2 N–H and O–H groups in total. The SMILES string of the molecule is Cc1ccccc1-c1c(CCCN)cnn1C. The van der Waals surface area contributed by atoms with Gasteiger partial charge in [-0.3, -0.25) is 4.68 Å². The van der Waals surface area contributed by atoms with Crippen LogP contribution in [0.5, 0.6) is 0 Å². The molecule has 2 rings (SSSR count). The third-order valence-corrected chi connectivity index (χ3v) is 3.06. The molecule has 0 unspecified atom stereocenters. The molecule has 0 amide bonds. The number of nitrogens with two attached hydrogens (primary N) is 1. The number of nitrogens with zero attached hydrogens (tertiary/aromatic N) is 2. The molecule has 0 radical (unpaired) electrons. The van der Waals surface area contributed by atoms with Crippen LogP contribution in [0.2, 0.25) is 0 Å². The first kappa shape index (κ1) is 11.9. The molecule has 1 aromatic heterocycles. The highest BCUT2D eigenvalue weighted by molar-refractivity contribution is 5.66. The van der Waals surface area contributed by atoms with E-state index in [4.69, 9.17) is 5.73 Å². The van der Waals surface area contributed by atoms with Crippen LogP contribution in [0, 0.1) is 6.92 Å². The van der Waals surface area contributed by atoms with Crippen LogP contribution >= 0.6 is 0 Å². The second kappa shape index (κ2) is 5.15. The van der Waals surface area contributed by atoms with Gasteiger partial charge in [0.25, 0.3) is 0 Å². The molecule has 1 aromatic carbocycles. The van der Waals surface area contributed by atoms with Gasteiger partial charge in [0.05, 0.1) is 11.9 Å². The molecule has 0 aliphatic carbocycles. The fourth-order valence-corrected chi connectivity index (χ4v) is 2.14. The largest absolute Gasteiger partial charge is 0.330 e. The normalized spacial score (nSPS) is 10.8. The predicted molar refractivity (Wildman–Crippen MR) is 70.8 cm³/mol. The topological polar surface area (TPSA) is 43.8 Å². The van der Waals surface area contributed by atoms with Crippen molar-refractivity contribution in [1.29, 1.82) is 0 Å². The number of hydrogen-bond acceptors (Lipinski definition) is 2. The number of hydrogen-bond donors (Lipinski definition) is 1. The summed E-state index contributed by atoms with van der Waals surface area (Å²) in [6, 6.07) is 8.42. The Morgan fingerprint density at radius 2 is 2.06 bits per heavy atom. The monoisotopic (exact) mass is 229 g/mol. The Hall–Kier alpha value is -1.61. The lowest BCUT2D eigenvalue weighted by atomic mass is 10.0. The van der Waals surface area contributed by atoms with Gasteiger partial charge in [0.15, 0.2) is 0 Å². The Labute approximate surface area is 102 Å². The van der Waals surface area contributed by atoms with Gasteiger partial charge in [-0.1, -0.05) is 24.3 Å². The summed E-state index contributed by atoms with van der Waals surface area (Å²) in [6.07, 6.45) is 3.95. The Balaban J connectivity index is 2.44. The molecule has 90 valence electrons. The quantitative estimate of drug-likeness (QED) is 0.874. The first-order valence-electron chi connectivity index (χ1n) is 6.01. The van der Waals surface area contributed by atoms with Crippen molar-refractivity contribution in [1.82, 2.24) is 9.78 Å². The average Bonchev–Trinajstić information content (AvgIpc) is 2.69. The van der Waals surface area contributed by atoms with E-state index in [9.17, 15) is 0 Å². The van der Waals surface area contributed by atoms with E-state index in [1.807, 2.05) is 17.9 Å². The van der Waals surface area contributed by atoms with Gasteiger partial charge in [-0.2, -0.15) is 5.10 Å². The lowest BCUT2D eigenvalue weighted by Gasteiger charge is -2.09. The molecular weight excluding hydrogens is 210 g/mol. The summed E-state index contributed by atoms with van der Waals surface area (Å²) in [6.45, 7) is 2.86. The Morgan fingerprint density at radius 1 is 1.29 bits per heavy atom. The molecule has 3 heteroatoms. The van der Waals surface area contributed by atoms with Crippen molar-refractivity contribution in [2.24, 2.45) is 12.8 Å². The molecule has 0 saturated carbocycles. The molecule has 0 spiro atoms. The van der Waals surface area contributed by atoms with E-state index < -0.39 is 0 Å². The van der Waals surface area contributed by atoms with Crippen LogP contribution in [-0.4, -0.2) is 16.3 Å². The fraction of sp³-hybridized carbons (Fsp3) is 0.357. The zero-order chi connectivity index (χ0) is 12.3. The summed E-state index contributed by atoms with van der Waals surface area (Å²) >= 11 is 0. The Bertz CT molecular complexity index is 500. The minimum Gasteiger partial charge on any atom is -0.330 e. The zero-order valence-corrected chi connectivity index (χ0v) is 10.5. The molecule has 2 aromatic rings. The van der Waals surface area contributed by atoms with Crippen molar-refractivity contribution in [2.45, 2.75) is 19.8 Å². The first-order chi connectivity index (χ1) is 8.24. The highest BCUT2D eigenvalue weighted by Gasteiger charge is 2.11. The Kier molecular flexibility index (Phi) is 3.59. The van der Waals surface area contributed by atoms with Gasteiger partial charge in [0.2, 0.25) is 0 Å². The molecule has 0 fully saturated rings. The van der Waals surface area contributed by atoms with Crippen molar-refractivity contribution in [3.63, 3.8) is 0 Å². The molecule has 0 bridgehead atoms. The van der Waals surface area contributed by atoms with Crippen molar-refractivity contribution in [3.8, 4) is 11.3 Å². The van der Waals surface area contributed by atoms with Crippen LogP contribution in [0.4, 0.5) is 0 Å². The summed E-state index contributed by atoms with van der Waals surface area (Å²) < 4.78 is 1.95. The maximum absolute atomic E-state index is 5.57. The van der Waals surface area contributed by atoms with E-state index in [1.165, 1.54) is 22.4 Å². The lowest BCUT2D eigenvalue weighted by molar-refractivity contribution is 0.773. The average molecular weight is 229 g/mol. The number of aryl methyl sites for hydroxylation is 3. The van der Waals surface area contributed by atoms with E-state index in [1.54, 1.807) is 0 Å². The highest BCUT2D eigenvalue weighted by atomic mass is 15.3. The minimum absolute atomic E-state index is 0.724. The highest BCUT2D eigenvalue weighted by Crippen LogP contribution is 2.26. The molecular formula is C14H19N3. The summed E-state index contributed by atoms with van der Waals surface area (Å²) in [5.41, 5.74) is 10.6. The summed E-state index contributed by atoms with van der Waals surface area (Å²) in [4.78, 5) is 0. The van der Waals surface area contributed by atoms with Gasteiger partial charge in [0.1, 0.15) is 0 Å². The summed E-state index contributed by atoms with van der Waals surface area (Å²) in [5.74, 6) is 0. The maximum Gasteiger partial charge on any atom is 0.0713 e. The second-order valence-electron chi connectivity index (χ2n) is 4.35. The zero-order valence-electron chi connectivity index (χ0n) is 10.5. The van der Waals surface area contributed by atoms with Crippen LogP contribution in [0.1, 0.15) is 17.5 Å². The number of aromatic nitrogens is 2. The van der Waals surface area contributed by atoms with Crippen molar-refractivity contribution in [3.05, 3.63) is 41.6 Å². The van der Waals surface area contributed by atoms with E-state index >= 15 is 0 Å². The van der Waals surface area contributed by atoms with Gasteiger partial charge in [-0.15, -0.1) is 0 Å². The Morgan fingerprint density at radius 3 is 2.76 bits per heavy atom. The summed E-state index contributed by atoms with van der Waals surface area (Å²) in [7, 11) is 1.99. The molecule has 17 heavy (non-hydrogen) atoms. The van der Waals surface area contributed by atoms with E-state index in [-0.39, 0.29) is 0 Å². The van der Waals surface area contributed by atoms with Crippen LogP contribution in [0.25, 0.3) is 11.3 Å². The van der Waals surface area contributed by atoms with E-state index in [0.29, 0.717) is 0 Å². The second-order valence-corrected chi connectivity index (χ2v) is 4.35. The van der Waals surface area contributed by atoms with Gasteiger partial charge in [-0.25, -0.2) is 0 Å². The molecule has 0 atom stereocenters. The first-order valence-corrected chi connectivity index (χ1v) is 6.01. The van der Waals surface area contributed by atoms with E-state index in [2.05, 4.69) is 36.3 Å². The lowest BCUT2D eigenvalue weighted by Crippen LogP contribution is -2.02.